The molecule has 0 aromatic heterocycles. The highest BCUT2D eigenvalue weighted by Crippen LogP contribution is 2.28. The lowest BCUT2D eigenvalue weighted by Crippen LogP contribution is -2.41. The molecule has 1 aliphatic carbocycles. The van der Waals surface area contributed by atoms with Crippen LogP contribution in [-0.4, -0.2) is 45.7 Å². The number of amides is 2. The molecule has 0 spiro atoms. The Balaban J connectivity index is 1.77. The van der Waals surface area contributed by atoms with Crippen molar-refractivity contribution in [1.82, 2.24) is 4.90 Å². The number of nitro groups is 1. The van der Waals surface area contributed by atoms with Crippen LogP contribution in [0, 0.1) is 21.4 Å². The number of phenolic OH excluding ortho intramolecular Hbond substituents is 1. The van der Waals surface area contributed by atoms with Gasteiger partial charge in [0.25, 0.3) is 5.91 Å². The Morgan fingerprint density at radius 3 is 2.36 bits per heavy atom. The third-order valence-corrected chi connectivity index (χ3v) is 5.72. The maximum Gasteiger partial charge on any atom is 0.311 e. The van der Waals surface area contributed by atoms with Gasteiger partial charge in [-0.3, -0.25) is 25.1 Å². The summed E-state index contributed by atoms with van der Waals surface area (Å²) in [6, 6.07) is 9.91. The molecule has 1 aliphatic rings. The standard InChI is InChI=1S/C23H27N5O5/c24-22(25)16-6-9-18(10-7-16)26-21(30)14-27(13-15-4-2-1-3-5-15)23(31)17-8-11-20(29)19(12-17)28(32)33/h6-12,15,29H,1-5,13-14H2,(H3,24,25)(H,26,30). The van der Waals surface area contributed by atoms with E-state index in [0.29, 0.717) is 17.8 Å². The first-order valence-electron chi connectivity index (χ1n) is 10.8. The Hall–Kier alpha value is -3.95. The van der Waals surface area contributed by atoms with Gasteiger partial charge in [0.1, 0.15) is 12.4 Å². The summed E-state index contributed by atoms with van der Waals surface area (Å²) in [5.74, 6) is -1.28. The number of hydrogen-bond acceptors (Lipinski definition) is 6. The lowest BCUT2D eigenvalue weighted by molar-refractivity contribution is -0.385. The van der Waals surface area contributed by atoms with Gasteiger partial charge in [-0.2, -0.15) is 0 Å². The van der Waals surface area contributed by atoms with Crippen LogP contribution in [0.2, 0.25) is 0 Å². The van der Waals surface area contributed by atoms with Crippen molar-refractivity contribution in [3.05, 3.63) is 63.7 Å². The van der Waals surface area contributed by atoms with Crippen LogP contribution in [0.4, 0.5) is 11.4 Å². The maximum absolute atomic E-state index is 13.2. The van der Waals surface area contributed by atoms with E-state index < -0.39 is 28.2 Å². The summed E-state index contributed by atoms with van der Waals surface area (Å²) < 4.78 is 0. The summed E-state index contributed by atoms with van der Waals surface area (Å²) in [6.45, 7) is 0.142. The highest BCUT2D eigenvalue weighted by molar-refractivity contribution is 6.00. The number of nitro benzene ring substituents is 1. The van der Waals surface area contributed by atoms with Crippen LogP contribution in [0.25, 0.3) is 0 Å². The molecule has 33 heavy (non-hydrogen) atoms. The molecule has 1 saturated carbocycles. The molecule has 3 rings (SSSR count). The minimum Gasteiger partial charge on any atom is -0.502 e. The quantitative estimate of drug-likeness (QED) is 0.207. The predicted octanol–water partition coefficient (Wildman–Crippen LogP) is 3.25. The fourth-order valence-corrected chi connectivity index (χ4v) is 3.99. The number of aromatic hydroxyl groups is 1. The number of benzene rings is 2. The van der Waals surface area contributed by atoms with Crippen LogP contribution in [0.5, 0.6) is 5.75 Å². The highest BCUT2D eigenvalue weighted by atomic mass is 16.6. The Morgan fingerprint density at radius 1 is 1.12 bits per heavy atom. The van der Waals surface area contributed by atoms with Gasteiger partial charge >= 0.3 is 5.69 Å². The summed E-state index contributed by atoms with van der Waals surface area (Å²) >= 11 is 0. The van der Waals surface area contributed by atoms with Gasteiger partial charge in [-0.05, 0) is 55.2 Å². The smallest absolute Gasteiger partial charge is 0.311 e. The molecule has 2 amide bonds. The van der Waals surface area contributed by atoms with Crippen molar-refractivity contribution in [2.24, 2.45) is 11.7 Å². The number of anilines is 1. The molecule has 0 heterocycles. The summed E-state index contributed by atoms with van der Waals surface area (Å²) in [6.07, 6.45) is 5.17. The maximum atomic E-state index is 13.2. The van der Waals surface area contributed by atoms with Crippen molar-refractivity contribution < 1.29 is 19.6 Å². The van der Waals surface area contributed by atoms with Crippen molar-refractivity contribution in [3.63, 3.8) is 0 Å². The van der Waals surface area contributed by atoms with Crippen LogP contribution in [0.1, 0.15) is 48.0 Å². The van der Waals surface area contributed by atoms with E-state index in [1.807, 2.05) is 0 Å². The van der Waals surface area contributed by atoms with Crippen molar-refractivity contribution >= 4 is 29.0 Å². The summed E-state index contributed by atoms with van der Waals surface area (Å²) in [4.78, 5) is 37.8. The van der Waals surface area contributed by atoms with Crippen LogP contribution >= 0.6 is 0 Å². The molecule has 1 fully saturated rings. The van der Waals surface area contributed by atoms with E-state index in [4.69, 9.17) is 11.1 Å². The molecule has 0 saturated heterocycles. The number of nitrogens with zero attached hydrogens (tertiary/aromatic N) is 2. The summed E-state index contributed by atoms with van der Waals surface area (Å²) in [5.41, 5.74) is 5.94. The normalized spacial score (nSPS) is 13.8. The molecule has 0 atom stereocenters. The molecule has 0 aliphatic heterocycles. The molecule has 10 nitrogen and oxygen atoms in total. The molecule has 0 radical (unpaired) electrons. The Kier molecular flexibility index (Phi) is 7.60. The van der Waals surface area contributed by atoms with E-state index in [0.717, 1.165) is 44.2 Å². The van der Waals surface area contributed by atoms with Crippen LogP contribution < -0.4 is 11.1 Å². The molecular formula is C23H27N5O5. The minimum atomic E-state index is -0.755. The number of nitrogens with two attached hydrogens (primary N) is 1. The zero-order valence-electron chi connectivity index (χ0n) is 18.1. The van der Waals surface area contributed by atoms with Crippen LogP contribution in [0.15, 0.2) is 42.5 Å². The Bertz CT molecular complexity index is 1050. The molecule has 2 aromatic carbocycles. The number of carbonyl (C=O) groups is 2. The van der Waals surface area contributed by atoms with E-state index >= 15 is 0 Å². The topological polar surface area (TPSA) is 163 Å². The third kappa shape index (κ3) is 6.28. The van der Waals surface area contributed by atoms with E-state index in [9.17, 15) is 24.8 Å². The van der Waals surface area contributed by atoms with Gasteiger partial charge in [0.05, 0.1) is 4.92 Å². The zero-order valence-corrected chi connectivity index (χ0v) is 18.1. The van der Waals surface area contributed by atoms with E-state index in [-0.39, 0.29) is 23.9 Å². The van der Waals surface area contributed by atoms with Crippen molar-refractivity contribution in [2.45, 2.75) is 32.1 Å². The van der Waals surface area contributed by atoms with Crippen molar-refractivity contribution in [1.29, 1.82) is 5.41 Å². The van der Waals surface area contributed by atoms with E-state index in [2.05, 4.69) is 5.32 Å². The fraction of sp³-hybridized carbons (Fsp3) is 0.348. The second-order valence-corrected chi connectivity index (χ2v) is 8.19. The van der Waals surface area contributed by atoms with Crippen molar-refractivity contribution in [2.75, 3.05) is 18.4 Å². The van der Waals surface area contributed by atoms with Gasteiger partial charge in [0.2, 0.25) is 5.91 Å². The number of nitrogen functional groups attached to an aromatic ring is 1. The Labute approximate surface area is 191 Å². The second-order valence-electron chi connectivity index (χ2n) is 8.19. The second kappa shape index (κ2) is 10.6. The Morgan fingerprint density at radius 2 is 1.76 bits per heavy atom. The highest BCUT2D eigenvalue weighted by Gasteiger charge is 2.26. The lowest BCUT2D eigenvalue weighted by Gasteiger charge is -2.29. The number of amidine groups is 1. The molecule has 2 aromatic rings. The molecule has 174 valence electrons. The first-order valence-corrected chi connectivity index (χ1v) is 10.8. The molecular weight excluding hydrogens is 426 g/mol. The molecule has 5 N–H and O–H groups in total. The lowest BCUT2D eigenvalue weighted by atomic mass is 9.89. The summed E-state index contributed by atoms with van der Waals surface area (Å²) in [7, 11) is 0. The average molecular weight is 453 g/mol. The van der Waals surface area contributed by atoms with Gasteiger partial charge in [0.15, 0.2) is 5.75 Å². The van der Waals surface area contributed by atoms with Gasteiger partial charge in [-0.25, -0.2) is 0 Å². The number of phenols is 1. The largest absolute Gasteiger partial charge is 0.502 e. The minimum absolute atomic E-state index is 0.0360. The molecule has 0 bridgehead atoms. The van der Waals surface area contributed by atoms with Gasteiger partial charge in [0, 0.05) is 29.4 Å². The zero-order chi connectivity index (χ0) is 24.0. The SMILES string of the molecule is N=C(N)c1ccc(NC(=O)CN(CC2CCCCC2)C(=O)c2ccc(O)c([N+](=O)[O-])c2)cc1. The fourth-order valence-electron chi connectivity index (χ4n) is 3.99. The van der Waals surface area contributed by atoms with Crippen LogP contribution in [-0.2, 0) is 4.79 Å². The molecule has 10 heteroatoms. The van der Waals surface area contributed by atoms with E-state index in [1.165, 1.54) is 11.0 Å². The third-order valence-electron chi connectivity index (χ3n) is 5.72. The number of rotatable bonds is 8. The van der Waals surface area contributed by atoms with Crippen molar-refractivity contribution in [3.8, 4) is 5.75 Å². The number of hydrogen-bond donors (Lipinski definition) is 4. The van der Waals surface area contributed by atoms with E-state index in [1.54, 1.807) is 24.3 Å². The average Bonchev–Trinajstić information content (AvgIpc) is 2.79. The predicted molar refractivity (Wildman–Crippen MR) is 123 cm³/mol. The monoisotopic (exact) mass is 453 g/mol. The number of carbonyl (C=O) groups excluding carboxylic acids is 2. The number of nitrogens with one attached hydrogen (secondary N) is 2. The van der Waals surface area contributed by atoms with Gasteiger partial charge in [-0.1, -0.05) is 19.3 Å². The van der Waals surface area contributed by atoms with Gasteiger partial charge < -0.3 is 21.1 Å². The van der Waals surface area contributed by atoms with Crippen LogP contribution in [0.3, 0.4) is 0 Å². The first kappa shape index (κ1) is 23.7. The molecule has 0 unspecified atom stereocenters. The first-order chi connectivity index (χ1) is 15.7. The summed E-state index contributed by atoms with van der Waals surface area (Å²) in [5, 5.41) is 31.0. The van der Waals surface area contributed by atoms with Gasteiger partial charge in [-0.15, -0.1) is 0 Å².